The van der Waals surface area contributed by atoms with Crippen molar-refractivity contribution in [3.8, 4) is 0 Å². The second kappa shape index (κ2) is 5.97. The molecule has 0 atom stereocenters. The lowest BCUT2D eigenvalue weighted by Crippen LogP contribution is -2.44. The summed E-state index contributed by atoms with van der Waals surface area (Å²) in [5.74, 6) is 0. The average Bonchev–Trinajstić information content (AvgIpc) is 2.33. The minimum atomic E-state index is -0.333. The van der Waals surface area contributed by atoms with Gasteiger partial charge in [-0.3, -0.25) is 0 Å². The van der Waals surface area contributed by atoms with E-state index in [1.165, 1.54) is 0 Å². The average molecular weight is 380 g/mol. The predicted octanol–water partition coefficient (Wildman–Crippen LogP) is 2.90. The van der Waals surface area contributed by atoms with Gasteiger partial charge in [-0.15, -0.1) is 0 Å². The van der Waals surface area contributed by atoms with Gasteiger partial charge in [0, 0.05) is 22.7 Å². The van der Waals surface area contributed by atoms with E-state index in [1.807, 2.05) is 18.2 Å². The summed E-state index contributed by atoms with van der Waals surface area (Å²) < 4.78 is 1.12. The van der Waals surface area contributed by atoms with Crippen LogP contribution in [0.25, 0.3) is 0 Å². The molecule has 1 fully saturated rings. The Kier molecular flexibility index (Phi) is 4.55. The molecule has 1 aliphatic rings. The Balaban J connectivity index is 1.93. The highest BCUT2D eigenvalue weighted by atomic mass is 127. The van der Waals surface area contributed by atoms with E-state index in [0.717, 1.165) is 27.1 Å². The minimum absolute atomic E-state index is 0.333. The van der Waals surface area contributed by atoms with Gasteiger partial charge in [0.25, 0.3) is 0 Å². The van der Waals surface area contributed by atoms with Crippen LogP contribution in [0.5, 0.6) is 0 Å². The van der Waals surface area contributed by atoms with Gasteiger partial charge in [0.2, 0.25) is 0 Å². The van der Waals surface area contributed by atoms with Crippen molar-refractivity contribution in [2.45, 2.75) is 18.9 Å². The highest BCUT2D eigenvalue weighted by Gasteiger charge is 2.21. The van der Waals surface area contributed by atoms with Crippen LogP contribution in [0.3, 0.4) is 0 Å². The summed E-state index contributed by atoms with van der Waals surface area (Å²) in [7, 11) is 0. The molecule has 0 spiro atoms. The number of benzene rings is 1. The highest BCUT2D eigenvalue weighted by molar-refractivity contribution is 14.1. The molecule has 98 valence electrons. The Morgan fingerprint density at radius 1 is 1.44 bits per heavy atom. The number of nitrogens with one attached hydrogen (secondary N) is 1. The van der Waals surface area contributed by atoms with Crippen LogP contribution in [0, 0.1) is 3.57 Å². The summed E-state index contributed by atoms with van der Waals surface area (Å²) in [5, 5.41) is 4.16. The van der Waals surface area contributed by atoms with Crippen molar-refractivity contribution in [3.63, 3.8) is 0 Å². The molecule has 0 radical (unpaired) electrons. The van der Waals surface area contributed by atoms with Crippen molar-refractivity contribution >= 4 is 45.9 Å². The van der Waals surface area contributed by atoms with Crippen LogP contribution in [0.4, 0.5) is 10.5 Å². The maximum atomic E-state index is 11.0. The van der Waals surface area contributed by atoms with Gasteiger partial charge in [0.15, 0.2) is 0 Å². The number of likely N-dealkylation sites (tertiary alicyclic amines) is 1. The first kappa shape index (κ1) is 13.7. The number of carbonyl (C=O) groups is 1. The minimum Gasteiger partial charge on any atom is -0.381 e. The van der Waals surface area contributed by atoms with Crippen LogP contribution in [-0.4, -0.2) is 30.1 Å². The molecule has 3 N–H and O–H groups in total. The number of nitrogens with two attached hydrogens (primary N) is 1. The zero-order valence-electron chi connectivity index (χ0n) is 9.83. The van der Waals surface area contributed by atoms with E-state index in [2.05, 4.69) is 27.9 Å². The topological polar surface area (TPSA) is 58.4 Å². The molecular formula is C12H15ClIN3O. The van der Waals surface area contributed by atoms with Crippen molar-refractivity contribution in [3.05, 3.63) is 26.8 Å². The number of urea groups is 1. The molecule has 0 bridgehead atoms. The Morgan fingerprint density at radius 2 is 2.11 bits per heavy atom. The van der Waals surface area contributed by atoms with Gasteiger partial charge in [-0.25, -0.2) is 4.79 Å². The molecule has 0 unspecified atom stereocenters. The smallest absolute Gasteiger partial charge is 0.314 e. The van der Waals surface area contributed by atoms with Gasteiger partial charge < -0.3 is 16.0 Å². The van der Waals surface area contributed by atoms with E-state index in [9.17, 15) is 4.79 Å². The lowest BCUT2D eigenvalue weighted by molar-refractivity contribution is 0.193. The van der Waals surface area contributed by atoms with Crippen molar-refractivity contribution in [2.24, 2.45) is 5.73 Å². The lowest BCUT2D eigenvalue weighted by Gasteiger charge is -2.31. The third kappa shape index (κ3) is 3.41. The van der Waals surface area contributed by atoms with Crippen LogP contribution in [-0.2, 0) is 0 Å². The molecule has 0 saturated carbocycles. The molecule has 1 aromatic carbocycles. The number of piperidine rings is 1. The van der Waals surface area contributed by atoms with E-state index in [1.54, 1.807) is 4.90 Å². The number of amides is 2. The van der Waals surface area contributed by atoms with E-state index < -0.39 is 0 Å². The van der Waals surface area contributed by atoms with E-state index >= 15 is 0 Å². The number of rotatable bonds is 2. The van der Waals surface area contributed by atoms with Gasteiger partial charge in [0.05, 0.1) is 10.7 Å². The van der Waals surface area contributed by atoms with Crippen LogP contribution >= 0.6 is 34.2 Å². The number of nitrogens with zero attached hydrogens (tertiary/aromatic N) is 1. The highest BCUT2D eigenvalue weighted by Crippen LogP contribution is 2.26. The van der Waals surface area contributed by atoms with Crippen LogP contribution in [0.1, 0.15) is 12.8 Å². The van der Waals surface area contributed by atoms with Crippen LogP contribution in [0.2, 0.25) is 5.02 Å². The summed E-state index contributed by atoms with van der Waals surface area (Å²) in [6.45, 7) is 1.41. The third-order valence-electron chi connectivity index (χ3n) is 3.10. The van der Waals surface area contributed by atoms with E-state index in [-0.39, 0.29) is 6.03 Å². The molecule has 1 saturated heterocycles. The molecule has 1 aliphatic heterocycles. The third-order valence-corrected chi connectivity index (χ3v) is 4.08. The molecule has 0 aromatic heterocycles. The Morgan fingerprint density at radius 3 is 2.67 bits per heavy atom. The molecule has 18 heavy (non-hydrogen) atoms. The van der Waals surface area contributed by atoms with Gasteiger partial charge in [0.1, 0.15) is 0 Å². The summed E-state index contributed by atoms with van der Waals surface area (Å²) in [5.41, 5.74) is 6.20. The van der Waals surface area contributed by atoms with Gasteiger partial charge in [-0.2, -0.15) is 0 Å². The summed E-state index contributed by atoms with van der Waals surface area (Å²) in [4.78, 5) is 12.7. The molecular weight excluding hydrogens is 365 g/mol. The number of hydrogen-bond acceptors (Lipinski definition) is 2. The van der Waals surface area contributed by atoms with Crippen LogP contribution in [0.15, 0.2) is 18.2 Å². The zero-order chi connectivity index (χ0) is 13.1. The van der Waals surface area contributed by atoms with E-state index in [4.69, 9.17) is 17.3 Å². The molecule has 2 rings (SSSR count). The van der Waals surface area contributed by atoms with Crippen LogP contribution < -0.4 is 11.1 Å². The van der Waals surface area contributed by atoms with Gasteiger partial charge >= 0.3 is 6.03 Å². The predicted molar refractivity (Wildman–Crippen MR) is 82.0 cm³/mol. The van der Waals surface area contributed by atoms with Crippen molar-refractivity contribution in [1.29, 1.82) is 0 Å². The fraction of sp³-hybridized carbons (Fsp3) is 0.417. The number of primary amides is 1. The molecule has 2 amide bonds. The van der Waals surface area contributed by atoms with Crippen molar-refractivity contribution in [2.75, 3.05) is 18.4 Å². The van der Waals surface area contributed by atoms with Gasteiger partial charge in [-0.1, -0.05) is 11.6 Å². The standard InChI is InChI=1S/C12H15ClIN3O/c13-10-7-8(14)1-2-11(10)16-9-3-5-17(6-4-9)12(15)18/h1-2,7,9,16H,3-6H2,(H2,15,18). The summed E-state index contributed by atoms with van der Waals surface area (Å²) in [6.07, 6.45) is 1.79. The maximum Gasteiger partial charge on any atom is 0.314 e. The quantitative estimate of drug-likeness (QED) is 0.776. The van der Waals surface area contributed by atoms with Crippen molar-refractivity contribution in [1.82, 2.24) is 4.90 Å². The molecule has 4 nitrogen and oxygen atoms in total. The fourth-order valence-electron chi connectivity index (χ4n) is 2.07. The summed E-state index contributed by atoms with van der Waals surface area (Å²) >= 11 is 8.41. The molecule has 1 aromatic rings. The zero-order valence-corrected chi connectivity index (χ0v) is 12.7. The first-order chi connectivity index (χ1) is 8.56. The Hall–Kier alpha value is -0.690. The second-order valence-electron chi connectivity index (χ2n) is 4.37. The fourth-order valence-corrected chi connectivity index (χ4v) is 2.98. The number of carbonyl (C=O) groups excluding carboxylic acids is 1. The number of hydrogen-bond donors (Lipinski definition) is 2. The SMILES string of the molecule is NC(=O)N1CCC(Nc2ccc(I)cc2Cl)CC1. The first-order valence-corrected chi connectivity index (χ1v) is 7.28. The van der Waals surface area contributed by atoms with Gasteiger partial charge in [-0.05, 0) is 53.6 Å². The monoisotopic (exact) mass is 379 g/mol. The largest absolute Gasteiger partial charge is 0.381 e. The number of halogens is 2. The normalized spacial score (nSPS) is 16.7. The van der Waals surface area contributed by atoms with Crippen molar-refractivity contribution < 1.29 is 4.79 Å². The molecule has 0 aliphatic carbocycles. The van der Waals surface area contributed by atoms with E-state index in [0.29, 0.717) is 19.1 Å². The summed E-state index contributed by atoms with van der Waals surface area (Å²) in [6, 6.07) is 5.96. The maximum absolute atomic E-state index is 11.0. The second-order valence-corrected chi connectivity index (χ2v) is 6.02. The Labute approximate surface area is 125 Å². The molecule has 6 heteroatoms. The lowest BCUT2D eigenvalue weighted by atomic mass is 10.0. The number of anilines is 1. The molecule has 1 heterocycles. The Bertz CT molecular complexity index is 447. The first-order valence-electron chi connectivity index (χ1n) is 5.82.